The van der Waals surface area contributed by atoms with Crippen molar-refractivity contribution in [1.82, 2.24) is 5.43 Å². The first-order chi connectivity index (χ1) is 10.4. The number of carbonyl (C=O) groups excluding carboxylic acids is 1. The lowest BCUT2D eigenvalue weighted by Crippen LogP contribution is -2.32. The summed E-state index contributed by atoms with van der Waals surface area (Å²) in [5.41, 5.74) is 3.42. The van der Waals surface area contributed by atoms with Gasteiger partial charge in [-0.3, -0.25) is 4.79 Å². The molecule has 1 aromatic carbocycles. The van der Waals surface area contributed by atoms with Gasteiger partial charge in [-0.05, 0) is 40.9 Å². The monoisotopic (exact) mass is 386 g/mol. The molecule has 1 heterocycles. The minimum atomic E-state index is -0.701. The van der Waals surface area contributed by atoms with Crippen LogP contribution in [0.4, 0.5) is 0 Å². The maximum atomic E-state index is 11.3. The van der Waals surface area contributed by atoms with E-state index in [1.807, 2.05) is 13.0 Å². The second-order valence-electron chi connectivity index (χ2n) is 5.92. The quantitative estimate of drug-likeness (QED) is 0.834. The Labute approximate surface area is 141 Å². The van der Waals surface area contributed by atoms with Gasteiger partial charge in [0.2, 0.25) is 5.91 Å². The summed E-state index contributed by atoms with van der Waals surface area (Å²) in [6, 6.07) is 3.64. The molecule has 0 spiro atoms. The van der Waals surface area contributed by atoms with Gasteiger partial charge in [-0.1, -0.05) is 18.5 Å². The van der Waals surface area contributed by atoms with E-state index in [9.17, 15) is 9.90 Å². The number of hydrazone groups is 1. The molecule has 0 radical (unpaired) electrons. The third kappa shape index (κ3) is 3.29. The highest BCUT2D eigenvalue weighted by molar-refractivity contribution is 9.10. The molecule has 0 aromatic heterocycles. The molecule has 1 fully saturated rings. The Hall–Kier alpha value is -1.11. The Morgan fingerprint density at radius 3 is 2.86 bits per heavy atom. The second kappa shape index (κ2) is 5.83. The third-order valence-electron chi connectivity index (χ3n) is 3.87. The molecule has 7 heteroatoms. The van der Waals surface area contributed by atoms with Crippen LogP contribution in [0.15, 0.2) is 21.7 Å². The van der Waals surface area contributed by atoms with Crippen molar-refractivity contribution in [3.05, 3.63) is 27.2 Å². The number of hydrogen-bond donors (Lipinski definition) is 2. The lowest BCUT2D eigenvalue weighted by Gasteiger charge is -2.20. The highest BCUT2D eigenvalue weighted by Gasteiger charge is 2.41. The first kappa shape index (κ1) is 15.8. The molecule has 22 heavy (non-hydrogen) atoms. The number of rotatable bonds is 4. The predicted octanol–water partition coefficient (Wildman–Crippen LogP) is 2.87. The van der Waals surface area contributed by atoms with Crippen LogP contribution in [0, 0.1) is 5.92 Å². The number of nitrogens with one attached hydrogen (secondary N) is 1. The summed E-state index contributed by atoms with van der Waals surface area (Å²) in [7, 11) is 0. The summed E-state index contributed by atoms with van der Waals surface area (Å²) in [5.74, 6) is 0.452. The maximum absolute atomic E-state index is 11.3. The molecule has 1 amide bonds. The zero-order valence-electron chi connectivity index (χ0n) is 12.0. The van der Waals surface area contributed by atoms with Crippen LogP contribution in [-0.4, -0.2) is 28.9 Å². The molecule has 1 aromatic rings. The average molecular weight is 388 g/mol. The summed E-state index contributed by atoms with van der Waals surface area (Å²) in [5, 5.41) is 14.4. The van der Waals surface area contributed by atoms with E-state index in [1.165, 1.54) is 0 Å². The van der Waals surface area contributed by atoms with Crippen LogP contribution in [0.2, 0.25) is 5.02 Å². The summed E-state index contributed by atoms with van der Waals surface area (Å²) >= 11 is 9.75. The molecule has 1 atom stereocenters. The largest absolute Gasteiger partial charge is 0.488 e. The van der Waals surface area contributed by atoms with Gasteiger partial charge in [-0.2, -0.15) is 5.10 Å². The number of carbonyl (C=O) groups is 1. The number of aliphatic hydroxyl groups is 1. The molecule has 5 nitrogen and oxygen atoms in total. The molecule has 2 N–H and O–H groups in total. The molecular weight excluding hydrogens is 372 g/mol. The van der Waals surface area contributed by atoms with Crippen LogP contribution in [0.3, 0.4) is 0 Å². The lowest BCUT2D eigenvalue weighted by molar-refractivity contribution is -0.121. The molecule has 1 aliphatic heterocycles. The lowest BCUT2D eigenvalue weighted by atomic mass is 9.94. The molecular formula is C15H16BrClN2O3. The summed E-state index contributed by atoms with van der Waals surface area (Å²) < 4.78 is 6.34. The van der Waals surface area contributed by atoms with Gasteiger partial charge in [0.25, 0.3) is 0 Å². The standard InChI is InChI=1S/C15H16BrClN2O3/c1-8-4-12(20)18-19-13(8)9-5-10(16)14(11(17)6-9)22-7-15(21)2-3-15/h5-6,8,21H,2-4,7H2,1H3,(H,18,20). The zero-order valence-corrected chi connectivity index (χ0v) is 14.4. The number of hydrogen-bond acceptors (Lipinski definition) is 4. The molecule has 1 aliphatic carbocycles. The molecule has 1 unspecified atom stereocenters. The number of amides is 1. The predicted molar refractivity (Wildman–Crippen MR) is 87.3 cm³/mol. The molecule has 2 aliphatic rings. The Kier molecular flexibility index (Phi) is 4.18. The van der Waals surface area contributed by atoms with E-state index in [4.69, 9.17) is 16.3 Å². The molecule has 118 valence electrons. The summed E-state index contributed by atoms with van der Waals surface area (Å²) in [4.78, 5) is 11.3. The number of ether oxygens (including phenoxy) is 1. The van der Waals surface area contributed by atoms with Crippen LogP contribution in [-0.2, 0) is 4.79 Å². The van der Waals surface area contributed by atoms with E-state index >= 15 is 0 Å². The van der Waals surface area contributed by atoms with E-state index in [0.29, 0.717) is 21.7 Å². The minimum Gasteiger partial charge on any atom is -0.488 e. The zero-order chi connectivity index (χ0) is 15.9. The molecule has 1 saturated carbocycles. The Bertz CT molecular complexity index is 635. The minimum absolute atomic E-state index is 0.0238. The van der Waals surface area contributed by atoms with Gasteiger partial charge in [-0.25, -0.2) is 5.43 Å². The first-order valence-corrected chi connectivity index (χ1v) is 8.26. The van der Waals surface area contributed by atoms with Gasteiger partial charge in [0.1, 0.15) is 6.61 Å². The van der Waals surface area contributed by atoms with Gasteiger partial charge >= 0.3 is 0 Å². The fourth-order valence-corrected chi connectivity index (χ4v) is 3.31. The fourth-order valence-electron chi connectivity index (χ4n) is 2.34. The van der Waals surface area contributed by atoms with Gasteiger partial charge in [0.05, 0.1) is 20.8 Å². The SMILES string of the molecule is CC1CC(=O)NN=C1c1cc(Cl)c(OCC2(O)CC2)c(Br)c1. The van der Waals surface area contributed by atoms with Crippen molar-refractivity contribution in [2.45, 2.75) is 31.8 Å². The van der Waals surface area contributed by atoms with Crippen molar-refractivity contribution in [2.75, 3.05) is 6.61 Å². The highest BCUT2D eigenvalue weighted by atomic mass is 79.9. The topological polar surface area (TPSA) is 70.9 Å². The van der Waals surface area contributed by atoms with Crippen LogP contribution in [0.25, 0.3) is 0 Å². The molecule has 0 saturated heterocycles. The van der Waals surface area contributed by atoms with E-state index in [2.05, 4.69) is 26.5 Å². The Morgan fingerprint density at radius 1 is 1.55 bits per heavy atom. The molecule has 3 rings (SSSR count). The van der Waals surface area contributed by atoms with E-state index < -0.39 is 5.60 Å². The molecule has 0 bridgehead atoms. The van der Waals surface area contributed by atoms with Crippen LogP contribution in [0.5, 0.6) is 5.75 Å². The van der Waals surface area contributed by atoms with Gasteiger partial charge in [0.15, 0.2) is 5.75 Å². The van der Waals surface area contributed by atoms with Gasteiger partial charge in [-0.15, -0.1) is 0 Å². The number of nitrogens with zero attached hydrogens (tertiary/aromatic N) is 1. The second-order valence-corrected chi connectivity index (χ2v) is 7.18. The maximum Gasteiger partial charge on any atom is 0.240 e. The van der Waals surface area contributed by atoms with Crippen molar-refractivity contribution in [1.29, 1.82) is 0 Å². The fraction of sp³-hybridized carbons (Fsp3) is 0.467. The Morgan fingerprint density at radius 2 is 2.27 bits per heavy atom. The summed E-state index contributed by atoms with van der Waals surface area (Å²) in [6.45, 7) is 2.18. The average Bonchev–Trinajstić information content (AvgIpc) is 3.15. The van der Waals surface area contributed by atoms with E-state index in [0.717, 1.165) is 24.1 Å². The van der Waals surface area contributed by atoms with E-state index in [1.54, 1.807) is 6.07 Å². The van der Waals surface area contributed by atoms with Crippen molar-refractivity contribution in [3.63, 3.8) is 0 Å². The van der Waals surface area contributed by atoms with Crippen LogP contribution < -0.4 is 10.2 Å². The number of benzene rings is 1. The Balaban J connectivity index is 1.84. The van der Waals surface area contributed by atoms with Crippen molar-refractivity contribution < 1.29 is 14.6 Å². The van der Waals surface area contributed by atoms with Crippen LogP contribution >= 0.6 is 27.5 Å². The van der Waals surface area contributed by atoms with Crippen molar-refractivity contribution in [3.8, 4) is 5.75 Å². The third-order valence-corrected chi connectivity index (χ3v) is 4.74. The van der Waals surface area contributed by atoms with Crippen molar-refractivity contribution in [2.24, 2.45) is 11.0 Å². The number of halogens is 2. The highest BCUT2D eigenvalue weighted by Crippen LogP contribution is 2.39. The first-order valence-electron chi connectivity index (χ1n) is 7.09. The van der Waals surface area contributed by atoms with Gasteiger partial charge < -0.3 is 9.84 Å². The smallest absolute Gasteiger partial charge is 0.240 e. The van der Waals surface area contributed by atoms with Crippen LogP contribution in [0.1, 0.15) is 31.7 Å². The van der Waals surface area contributed by atoms with Gasteiger partial charge in [0, 0.05) is 17.9 Å². The normalized spacial score (nSPS) is 22.8. The van der Waals surface area contributed by atoms with E-state index in [-0.39, 0.29) is 18.4 Å². The summed E-state index contributed by atoms with van der Waals surface area (Å²) in [6.07, 6.45) is 1.92. The van der Waals surface area contributed by atoms with Crippen molar-refractivity contribution >= 4 is 39.1 Å².